The molecular weight excluding hydrogens is 160 g/mol. The van der Waals surface area contributed by atoms with Crippen LogP contribution in [0.3, 0.4) is 0 Å². The number of rotatable bonds is 4. The van der Waals surface area contributed by atoms with Crippen LogP contribution in [-0.4, -0.2) is 6.10 Å². The minimum absolute atomic E-state index is 0.251. The fourth-order valence-corrected chi connectivity index (χ4v) is 1.41. The van der Waals surface area contributed by atoms with Crippen molar-refractivity contribution in [3.63, 3.8) is 0 Å². The van der Waals surface area contributed by atoms with Gasteiger partial charge in [-0.1, -0.05) is 37.3 Å². The maximum absolute atomic E-state index is 5.79. The van der Waals surface area contributed by atoms with Gasteiger partial charge in [0.05, 0.1) is 12.2 Å². The van der Waals surface area contributed by atoms with Gasteiger partial charge in [-0.05, 0) is 25.8 Å². The van der Waals surface area contributed by atoms with Crippen molar-refractivity contribution < 1.29 is 4.74 Å². The maximum atomic E-state index is 5.79. The Hall–Kier alpha value is -0.820. The van der Waals surface area contributed by atoms with Crippen LogP contribution in [-0.2, 0) is 4.74 Å². The van der Waals surface area contributed by atoms with E-state index in [1.807, 2.05) is 6.07 Å². The van der Waals surface area contributed by atoms with Crippen molar-refractivity contribution in [2.45, 2.75) is 39.4 Å². The van der Waals surface area contributed by atoms with Gasteiger partial charge in [-0.2, -0.15) is 0 Å². The van der Waals surface area contributed by atoms with Gasteiger partial charge in [0.25, 0.3) is 0 Å². The van der Waals surface area contributed by atoms with Crippen LogP contribution in [0.15, 0.2) is 30.3 Å². The molecule has 0 aliphatic rings. The van der Waals surface area contributed by atoms with Crippen molar-refractivity contribution in [3.05, 3.63) is 35.9 Å². The van der Waals surface area contributed by atoms with Gasteiger partial charge in [-0.15, -0.1) is 0 Å². The summed E-state index contributed by atoms with van der Waals surface area (Å²) in [5, 5.41) is 0. The molecule has 1 aromatic carbocycles. The standard InChI is InChI=1S/C12H18O/c1-4-12(13-10(2)3)11-8-6-5-7-9-11/h5-10,12H,4H2,1-3H3. The van der Waals surface area contributed by atoms with E-state index in [2.05, 4.69) is 45.0 Å². The molecule has 0 aliphatic carbocycles. The molecule has 0 radical (unpaired) electrons. The van der Waals surface area contributed by atoms with Crippen LogP contribution >= 0.6 is 0 Å². The first-order chi connectivity index (χ1) is 6.24. The summed E-state index contributed by atoms with van der Waals surface area (Å²) in [6.07, 6.45) is 1.58. The van der Waals surface area contributed by atoms with Gasteiger partial charge in [0.15, 0.2) is 0 Å². The third kappa shape index (κ3) is 3.19. The van der Waals surface area contributed by atoms with Crippen LogP contribution in [0.1, 0.15) is 38.9 Å². The van der Waals surface area contributed by atoms with Crippen LogP contribution in [0.5, 0.6) is 0 Å². The van der Waals surface area contributed by atoms with Crippen molar-refractivity contribution in [3.8, 4) is 0 Å². The lowest BCUT2D eigenvalue weighted by Crippen LogP contribution is -2.09. The summed E-state index contributed by atoms with van der Waals surface area (Å²) >= 11 is 0. The zero-order chi connectivity index (χ0) is 9.68. The van der Waals surface area contributed by atoms with E-state index in [1.165, 1.54) is 5.56 Å². The van der Waals surface area contributed by atoms with E-state index in [-0.39, 0.29) is 6.10 Å². The second kappa shape index (κ2) is 5.03. The molecule has 0 saturated heterocycles. The SMILES string of the molecule is CCC(OC(C)C)c1ccccc1. The van der Waals surface area contributed by atoms with Gasteiger partial charge in [0, 0.05) is 0 Å². The molecule has 1 rings (SSSR count). The lowest BCUT2D eigenvalue weighted by Gasteiger charge is -2.19. The van der Waals surface area contributed by atoms with E-state index in [0.717, 1.165) is 6.42 Å². The molecule has 0 aliphatic heterocycles. The highest BCUT2D eigenvalue weighted by Crippen LogP contribution is 2.21. The van der Waals surface area contributed by atoms with Crippen LogP contribution < -0.4 is 0 Å². The summed E-state index contributed by atoms with van der Waals surface area (Å²) < 4.78 is 5.79. The third-order valence-corrected chi connectivity index (χ3v) is 1.98. The van der Waals surface area contributed by atoms with Gasteiger partial charge in [0.2, 0.25) is 0 Å². The topological polar surface area (TPSA) is 9.23 Å². The molecule has 0 bridgehead atoms. The quantitative estimate of drug-likeness (QED) is 0.685. The van der Waals surface area contributed by atoms with E-state index < -0.39 is 0 Å². The van der Waals surface area contributed by atoms with Crippen LogP contribution in [0, 0.1) is 0 Å². The monoisotopic (exact) mass is 178 g/mol. The number of hydrogen-bond acceptors (Lipinski definition) is 1. The van der Waals surface area contributed by atoms with E-state index >= 15 is 0 Å². The predicted molar refractivity (Wildman–Crippen MR) is 55.7 cm³/mol. The average Bonchev–Trinajstić information content (AvgIpc) is 2.15. The highest BCUT2D eigenvalue weighted by atomic mass is 16.5. The summed E-state index contributed by atoms with van der Waals surface area (Å²) in [5.41, 5.74) is 1.28. The van der Waals surface area contributed by atoms with Crippen molar-refractivity contribution in [1.82, 2.24) is 0 Å². The molecule has 72 valence electrons. The first-order valence-corrected chi connectivity index (χ1v) is 4.94. The largest absolute Gasteiger partial charge is 0.371 e. The molecule has 0 amide bonds. The molecule has 1 atom stereocenters. The number of ether oxygens (including phenoxy) is 1. The fraction of sp³-hybridized carbons (Fsp3) is 0.500. The third-order valence-electron chi connectivity index (χ3n) is 1.98. The Morgan fingerprint density at radius 2 is 1.77 bits per heavy atom. The van der Waals surface area contributed by atoms with Gasteiger partial charge >= 0.3 is 0 Å². The molecule has 1 nitrogen and oxygen atoms in total. The van der Waals surface area contributed by atoms with E-state index in [4.69, 9.17) is 4.74 Å². The molecule has 0 heterocycles. The Morgan fingerprint density at radius 3 is 2.23 bits per heavy atom. The molecule has 0 fully saturated rings. The fourth-order valence-electron chi connectivity index (χ4n) is 1.41. The first-order valence-electron chi connectivity index (χ1n) is 4.94. The lowest BCUT2D eigenvalue weighted by atomic mass is 10.1. The molecule has 0 saturated carbocycles. The number of benzene rings is 1. The van der Waals surface area contributed by atoms with Gasteiger partial charge in [0.1, 0.15) is 0 Å². The van der Waals surface area contributed by atoms with Gasteiger partial charge < -0.3 is 4.74 Å². The molecule has 1 unspecified atom stereocenters. The summed E-state index contributed by atoms with van der Waals surface area (Å²) in [6, 6.07) is 10.4. The summed E-state index contributed by atoms with van der Waals surface area (Å²) in [7, 11) is 0. The smallest absolute Gasteiger partial charge is 0.0825 e. The lowest BCUT2D eigenvalue weighted by molar-refractivity contribution is 0.00448. The highest BCUT2D eigenvalue weighted by Gasteiger charge is 2.10. The minimum Gasteiger partial charge on any atom is -0.371 e. The summed E-state index contributed by atoms with van der Waals surface area (Å²) in [6.45, 7) is 6.30. The molecular formula is C12H18O. The van der Waals surface area contributed by atoms with E-state index in [1.54, 1.807) is 0 Å². The highest BCUT2D eigenvalue weighted by molar-refractivity contribution is 5.17. The van der Waals surface area contributed by atoms with Gasteiger partial charge in [-0.3, -0.25) is 0 Å². The van der Waals surface area contributed by atoms with Crippen LogP contribution in [0.25, 0.3) is 0 Å². The Kier molecular flexibility index (Phi) is 3.97. The predicted octanol–water partition coefficient (Wildman–Crippen LogP) is 3.56. The molecule has 13 heavy (non-hydrogen) atoms. The second-order valence-corrected chi connectivity index (χ2v) is 3.49. The summed E-state index contributed by atoms with van der Waals surface area (Å²) in [4.78, 5) is 0. The minimum atomic E-state index is 0.251. The van der Waals surface area contributed by atoms with Crippen LogP contribution in [0.4, 0.5) is 0 Å². The Balaban J connectivity index is 2.67. The average molecular weight is 178 g/mol. The molecule has 0 N–H and O–H groups in total. The Labute approximate surface area is 80.7 Å². The Bertz CT molecular complexity index is 228. The van der Waals surface area contributed by atoms with Crippen molar-refractivity contribution in [1.29, 1.82) is 0 Å². The van der Waals surface area contributed by atoms with Gasteiger partial charge in [-0.25, -0.2) is 0 Å². The summed E-state index contributed by atoms with van der Waals surface area (Å²) in [5.74, 6) is 0. The Morgan fingerprint density at radius 1 is 1.15 bits per heavy atom. The van der Waals surface area contributed by atoms with Crippen molar-refractivity contribution >= 4 is 0 Å². The van der Waals surface area contributed by atoms with Crippen molar-refractivity contribution in [2.75, 3.05) is 0 Å². The number of hydrogen-bond donors (Lipinski definition) is 0. The molecule has 0 aromatic heterocycles. The van der Waals surface area contributed by atoms with Crippen LogP contribution in [0.2, 0.25) is 0 Å². The van der Waals surface area contributed by atoms with E-state index in [9.17, 15) is 0 Å². The normalized spacial score (nSPS) is 13.2. The molecule has 0 spiro atoms. The second-order valence-electron chi connectivity index (χ2n) is 3.49. The molecule has 1 heteroatoms. The maximum Gasteiger partial charge on any atom is 0.0825 e. The van der Waals surface area contributed by atoms with E-state index in [0.29, 0.717) is 6.10 Å². The van der Waals surface area contributed by atoms with Crippen molar-refractivity contribution in [2.24, 2.45) is 0 Å². The first kappa shape index (κ1) is 10.3. The molecule has 1 aromatic rings. The zero-order valence-electron chi connectivity index (χ0n) is 8.66. The zero-order valence-corrected chi connectivity index (χ0v) is 8.66.